The van der Waals surface area contributed by atoms with Crippen LogP contribution in [0.15, 0.2) is 35.4 Å². The first-order valence-corrected chi connectivity index (χ1v) is 11.2. The van der Waals surface area contributed by atoms with Crippen molar-refractivity contribution >= 4 is 20.9 Å². The summed E-state index contributed by atoms with van der Waals surface area (Å²) in [5.74, 6) is 0.599. The molecule has 0 bridgehead atoms. The molecule has 1 N–H and O–H groups in total. The number of fused-ring (bicyclic) bond motifs is 1. The maximum Gasteiger partial charge on any atom is 0.241 e. The van der Waals surface area contributed by atoms with Crippen LogP contribution in [0.25, 0.3) is 10.9 Å². The third kappa shape index (κ3) is 5.89. The molecule has 1 aromatic carbocycles. The SMILES string of the molecule is CCCN(CCC)CCCNS(=O)(=O)c1ccc(OCC)c2ncccc12. The number of pyridine rings is 1. The Morgan fingerprint density at radius 3 is 2.48 bits per heavy atom. The van der Waals surface area contributed by atoms with E-state index in [9.17, 15) is 8.42 Å². The van der Waals surface area contributed by atoms with Gasteiger partial charge < -0.3 is 9.64 Å². The summed E-state index contributed by atoms with van der Waals surface area (Å²) >= 11 is 0. The first-order chi connectivity index (χ1) is 13.0. The minimum atomic E-state index is -3.61. The van der Waals surface area contributed by atoms with Crippen molar-refractivity contribution in [3.63, 3.8) is 0 Å². The number of sulfonamides is 1. The van der Waals surface area contributed by atoms with E-state index in [0.717, 1.165) is 38.9 Å². The van der Waals surface area contributed by atoms with Crippen molar-refractivity contribution in [1.82, 2.24) is 14.6 Å². The molecule has 2 rings (SSSR count). The van der Waals surface area contributed by atoms with E-state index in [0.29, 0.717) is 29.8 Å². The van der Waals surface area contributed by atoms with Gasteiger partial charge in [0.25, 0.3) is 0 Å². The van der Waals surface area contributed by atoms with E-state index >= 15 is 0 Å². The molecule has 0 aliphatic carbocycles. The first kappa shape index (κ1) is 21.6. The highest BCUT2D eigenvalue weighted by Gasteiger charge is 2.19. The quantitative estimate of drug-likeness (QED) is 0.560. The highest BCUT2D eigenvalue weighted by molar-refractivity contribution is 7.89. The van der Waals surface area contributed by atoms with Crippen LogP contribution in [0.2, 0.25) is 0 Å². The van der Waals surface area contributed by atoms with Crippen LogP contribution in [0.3, 0.4) is 0 Å². The summed E-state index contributed by atoms with van der Waals surface area (Å²) in [7, 11) is -3.61. The lowest BCUT2D eigenvalue weighted by molar-refractivity contribution is 0.272. The van der Waals surface area contributed by atoms with Crippen molar-refractivity contribution in [3.8, 4) is 5.75 Å². The Bertz CT molecular complexity index is 818. The van der Waals surface area contributed by atoms with Crippen LogP contribution in [0.4, 0.5) is 0 Å². The number of benzene rings is 1. The lowest BCUT2D eigenvalue weighted by Crippen LogP contribution is -2.31. The standard InChI is InChI=1S/C20H31N3O3S/c1-4-14-23(15-5-2)16-8-13-22-27(24,25)19-11-10-18(26-6-3)20-17(19)9-7-12-21-20/h7,9-12,22H,4-6,8,13-16H2,1-3H3. The maximum atomic E-state index is 12.8. The van der Waals surface area contributed by atoms with Gasteiger partial charge in [-0.3, -0.25) is 4.98 Å². The molecule has 0 atom stereocenters. The third-order valence-corrected chi connectivity index (χ3v) is 5.82. The van der Waals surface area contributed by atoms with Crippen LogP contribution in [0.1, 0.15) is 40.0 Å². The Balaban J connectivity index is 2.09. The molecule has 0 unspecified atom stereocenters. The van der Waals surface area contributed by atoms with Crippen molar-refractivity contribution in [2.75, 3.05) is 32.8 Å². The molecule has 0 aliphatic rings. The summed E-state index contributed by atoms with van der Waals surface area (Å²) in [5.41, 5.74) is 0.569. The molecule has 27 heavy (non-hydrogen) atoms. The summed E-state index contributed by atoms with van der Waals surface area (Å²) in [6.45, 7) is 10.1. The molecule has 2 aromatic rings. The molecule has 0 aliphatic heterocycles. The van der Waals surface area contributed by atoms with Crippen molar-refractivity contribution in [1.29, 1.82) is 0 Å². The number of rotatable bonds is 12. The predicted molar refractivity (Wildman–Crippen MR) is 110 cm³/mol. The smallest absolute Gasteiger partial charge is 0.241 e. The molecule has 0 saturated carbocycles. The van der Waals surface area contributed by atoms with Gasteiger partial charge in [0.05, 0.1) is 11.5 Å². The zero-order chi connectivity index (χ0) is 19.7. The molecular weight excluding hydrogens is 362 g/mol. The van der Waals surface area contributed by atoms with Crippen molar-refractivity contribution < 1.29 is 13.2 Å². The molecule has 6 nitrogen and oxygen atoms in total. The van der Waals surface area contributed by atoms with Gasteiger partial charge in [-0.1, -0.05) is 13.8 Å². The Morgan fingerprint density at radius 1 is 1.07 bits per heavy atom. The first-order valence-electron chi connectivity index (χ1n) is 9.76. The second kappa shape index (κ2) is 10.6. The Morgan fingerprint density at radius 2 is 1.81 bits per heavy atom. The van der Waals surface area contributed by atoms with E-state index in [4.69, 9.17) is 4.74 Å². The number of ether oxygens (including phenoxy) is 1. The lowest BCUT2D eigenvalue weighted by atomic mass is 10.2. The van der Waals surface area contributed by atoms with Crippen LogP contribution in [0.5, 0.6) is 5.75 Å². The van der Waals surface area contributed by atoms with Gasteiger partial charge in [-0.2, -0.15) is 0 Å². The van der Waals surface area contributed by atoms with Gasteiger partial charge in [0, 0.05) is 18.1 Å². The summed E-state index contributed by atoms with van der Waals surface area (Å²) in [5, 5.41) is 0.578. The molecule has 150 valence electrons. The summed E-state index contributed by atoms with van der Waals surface area (Å²) in [6, 6.07) is 6.78. The largest absolute Gasteiger partial charge is 0.492 e. The molecule has 0 spiro atoms. The van der Waals surface area contributed by atoms with E-state index in [1.807, 2.05) is 6.92 Å². The van der Waals surface area contributed by atoms with Gasteiger partial charge in [0.2, 0.25) is 10.0 Å². The van der Waals surface area contributed by atoms with Crippen LogP contribution in [0, 0.1) is 0 Å². The van der Waals surface area contributed by atoms with E-state index in [2.05, 4.69) is 28.5 Å². The molecule has 0 fully saturated rings. The van der Waals surface area contributed by atoms with Crippen LogP contribution in [-0.2, 0) is 10.0 Å². The van der Waals surface area contributed by atoms with Crippen molar-refractivity contribution in [2.45, 2.75) is 44.9 Å². The molecule has 0 radical (unpaired) electrons. The molecule has 0 amide bonds. The second-order valence-electron chi connectivity index (χ2n) is 6.49. The molecule has 7 heteroatoms. The van der Waals surface area contributed by atoms with Crippen molar-refractivity contribution in [2.24, 2.45) is 0 Å². The normalized spacial score (nSPS) is 12.0. The van der Waals surface area contributed by atoms with Gasteiger partial charge in [-0.15, -0.1) is 0 Å². The Kier molecular flexibility index (Phi) is 8.47. The van der Waals surface area contributed by atoms with E-state index in [1.54, 1.807) is 30.5 Å². The van der Waals surface area contributed by atoms with Gasteiger partial charge >= 0.3 is 0 Å². The van der Waals surface area contributed by atoms with Crippen molar-refractivity contribution in [3.05, 3.63) is 30.5 Å². The minimum absolute atomic E-state index is 0.244. The number of aromatic nitrogens is 1. The lowest BCUT2D eigenvalue weighted by Gasteiger charge is -2.20. The summed E-state index contributed by atoms with van der Waals surface area (Å²) in [4.78, 5) is 6.93. The van der Waals surface area contributed by atoms with Crippen LogP contribution in [-0.4, -0.2) is 51.1 Å². The monoisotopic (exact) mass is 393 g/mol. The van der Waals surface area contributed by atoms with E-state index in [-0.39, 0.29) is 4.90 Å². The number of nitrogens with zero attached hydrogens (tertiary/aromatic N) is 2. The fourth-order valence-electron chi connectivity index (χ4n) is 3.18. The van der Waals surface area contributed by atoms with Gasteiger partial charge in [-0.25, -0.2) is 13.1 Å². The molecule has 1 aromatic heterocycles. The highest BCUT2D eigenvalue weighted by atomic mass is 32.2. The fraction of sp³-hybridized carbons (Fsp3) is 0.550. The second-order valence-corrected chi connectivity index (χ2v) is 8.22. The summed E-state index contributed by atoms with van der Waals surface area (Å²) < 4.78 is 33.9. The van der Waals surface area contributed by atoms with Gasteiger partial charge in [0.1, 0.15) is 11.3 Å². The zero-order valence-corrected chi connectivity index (χ0v) is 17.4. The van der Waals surface area contributed by atoms with Crippen LogP contribution < -0.4 is 9.46 Å². The molecule has 0 saturated heterocycles. The van der Waals surface area contributed by atoms with Gasteiger partial charge in [0.15, 0.2) is 0 Å². The Hall–Kier alpha value is -1.70. The predicted octanol–water partition coefficient (Wildman–Crippen LogP) is 3.42. The Labute approximate surface area is 163 Å². The van der Waals surface area contributed by atoms with Crippen LogP contribution >= 0.6 is 0 Å². The number of hydrogen-bond acceptors (Lipinski definition) is 5. The minimum Gasteiger partial charge on any atom is -0.492 e. The zero-order valence-electron chi connectivity index (χ0n) is 16.6. The van der Waals surface area contributed by atoms with Gasteiger partial charge in [-0.05, 0) is 70.1 Å². The number of hydrogen-bond donors (Lipinski definition) is 1. The van der Waals surface area contributed by atoms with E-state index < -0.39 is 10.0 Å². The topological polar surface area (TPSA) is 71.5 Å². The molecule has 1 heterocycles. The average Bonchev–Trinajstić information content (AvgIpc) is 2.66. The molecular formula is C20H31N3O3S. The average molecular weight is 394 g/mol. The summed E-state index contributed by atoms with van der Waals surface area (Å²) in [6.07, 6.45) is 4.64. The number of nitrogens with one attached hydrogen (secondary N) is 1. The van der Waals surface area contributed by atoms with E-state index in [1.165, 1.54) is 0 Å². The third-order valence-electron chi connectivity index (χ3n) is 4.30. The highest BCUT2D eigenvalue weighted by Crippen LogP contribution is 2.29. The maximum absolute atomic E-state index is 12.8. The fourth-order valence-corrected chi connectivity index (χ4v) is 4.45.